The van der Waals surface area contributed by atoms with Crippen molar-refractivity contribution in [2.75, 3.05) is 14.1 Å². The predicted molar refractivity (Wildman–Crippen MR) is 140 cm³/mol. The Morgan fingerprint density at radius 2 is 1.55 bits per heavy atom. The van der Waals surface area contributed by atoms with Gasteiger partial charge in [0, 0.05) is 20.0 Å². The Morgan fingerprint density at radius 3 is 2.18 bits per heavy atom. The molecule has 0 saturated carbocycles. The van der Waals surface area contributed by atoms with Crippen LogP contribution in [-0.4, -0.2) is 29.8 Å². The molecule has 0 N–H and O–H groups in total. The molecule has 2 atom stereocenters. The van der Waals surface area contributed by atoms with E-state index in [9.17, 15) is 0 Å². The lowest BCUT2D eigenvalue weighted by atomic mass is 9.69. The molecule has 3 aromatic rings. The number of hydrogen-bond donors (Lipinski definition) is 0. The first-order chi connectivity index (χ1) is 15.7. The number of thiocarbonyl (C=S) groups is 1. The Balaban J connectivity index is 1.71. The second-order valence-corrected chi connectivity index (χ2v) is 10.3. The van der Waals surface area contributed by atoms with Crippen molar-refractivity contribution in [2.24, 2.45) is 0 Å². The van der Waals surface area contributed by atoms with Crippen LogP contribution >= 0.6 is 12.2 Å². The highest BCUT2D eigenvalue weighted by molar-refractivity contribution is 7.80. The van der Waals surface area contributed by atoms with Crippen LogP contribution in [0.1, 0.15) is 61.3 Å². The van der Waals surface area contributed by atoms with Crippen molar-refractivity contribution in [2.45, 2.75) is 51.0 Å². The third-order valence-electron chi connectivity index (χ3n) is 6.04. The summed E-state index contributed by atoms with van der Waals surface area (Å²) in [6.07, 6.45) is 2.15. The molecule has 172 valence electrons. The van der Waals surface area contributed by atoms with Gasteiger partial charge in [-0.3, -0.25) is 0 Å². The third-order valence-corrected chi connectivity index (χ3v) is 6.49. The maximum atomic E-state index is 6.16. The smallest absolute Gasteiger partial charge is 0.264 e. The summed E-state index contributed by atoms with van der Waals surface area (Å²) in [5.41, 5.74) is 5.23. The van der Waals surface area contributed by atoms with Crippen LogP contribution in [-0.2, 0) is 6.42 Å². The fraction of sp³-hybridized carbons (Fsp3) is 0.345. The predicted octanol–water partition coefficient (Wildman–Crippen LogP) is 6.95. The van der Waals surface area contributed by atoms with Crippen molar-refractivity contribution < 1.29 is 9.47 Å². The molecular formula is C29H33NO2S. The first-order valence-corrected chi connectivity index (χ1v) is 12.0. The normalized spacial score (nSPS) is 17.7. The van der Waals surface area contributed by atoms with Gasteiger partial charge in [0.05, 0.1) is 0 Å². The van der Waals surface area contributed by atoms with E-state index in [2.05, 4.69) is 81.4 Å². The molecule has 1 aliphatic carbocycles. The number of hydrogen-bond acceptors (Lipinski definition) is 3. The number of benzene rings is 3. The molecule has 0 heterocycles. The fourth-order valence-electron chi connectivity index (χ4n) is 4.62. The highest BCUT2D eigenvalue weighted by Gasteiger charge is 2.32. The molecule has 0 fully saturated rings. The SMILES string of the molecule is CN(C)C(=S)Oc1ccc([C@@H]2c3ccc(OC(C)(C)C)cc3CC[C@@H]2c2ccccc2)cc1. The summed E-state index contributed by atoms with van der Waals surface area (Å²) in [5, 5.41) is 0.458. The second kappa shape index (κ2) is 9.56. The van der Waals surface area contributed by atoms with Crippen LogP contribution in [0.25, 0.3) is 0 Å². The monoisotopic (exact) mass is 459 g/mol. The highest BCUT2D eigenvalue weighted by atomic mass is 32.1. The van der Waals surface area contributed by atoms with E-state index in [0.29, 0.717) is 11.1 Å². The van der Waals surface area contributed by atoms with E-state index in [1.165, 1.54) is 22.3 Å². The molecule has 0 aromatic heterocycles. The fourth-order valence-corrected chi connectivity index (χ4v) is 4.72. The van der Waals surface area contributed by atoms with Crippen molar-refractivity contribution in [3.8, 4) is 11.5 Å². The molecule has 0 aliphatic heterocycles. The standard InChI is InChI=1S/C29H33NO2S/c1-29(2,3)32-24-16-18-26-22(19-24)13-17-25(20-9-7-6-8-10-20)27(26)21-11-14-23(15-12-21)31-28(33)30(4)5/h6-12,14-16,18-19,25,27H,13,17H2,1-5H3/t25-,27+/m1/s1. The molecule has 0 amide bonds. The molecule has 33 heavy (non-hydrogen) atoms. The lowest BCUT2D eigenvalue weighted by Gasteiger charge is -2.35. The van der Waals surface area contributed by atoms with Crippen LogP contribution in [0.15, 0.2) is 72.8 Å². The van der Waals surface area contributed by atoms with Crippen LogP contribution in [0.3, 0.4) is 0 Å². The molecule has 0 spiro atoms. The van der Waals surface area contributed by atoms with Crippen molar-refractivity contribution in [3.05, 3.63) is 95.1 Å². The Kier molecular flexibility index (Phi) is 6.76. The number of fused-ring (bicyclic) bond motifs is 1. The minimum Gasteiger partial charge on any atom is -0.488 e. The largest absolute Gasteiger partial charge is 0.488 e. The topological polar surface area (TPSA) is 21.7 Å². The van der Waals surface area contributed by atoms with Crippen LogP contribution < -0.4 is 9.47 Å². The summed E-state index contributed by atoms with van der Waals surface area (Å²) in [7, 11) is 3.77. The summed E-state index contributed by atoms with van der Waals surface area (Å²) in [5.74, 6) is 2.40. The maximum Gasteiger partial charge on any atom is 0.264 e. The quantitative estimate of drug-likeness (QED) is 0.394. The van der Waals surface area contributed by atoms with Gasteiger partial charge in [0.2, 0.25) is 0 Å². The molecule has 0 radical (unpaired) electrons. The van der Waals surface area contributed by atoms with E-state index in [1.807, 2.05) is 26.2 Å². The van der Waals surface area contributed by atoms with Gasteiger partial charge in [-0.2, -0.15) is 0 Å². The Morgan fingerprint density at radius 1 is 0.879 bits per heavy atom. The first-order valence-electron chi connectivity index (χ1n) is 11.6. The number of aryl methyl sites for hydroxylation is 1. The third kappa shape index (κ3) is 5.56. The molecule has 4 rings (SSSR count). The zero-order valence-electron chi connectivity index (χ0n) is 20.2. The maximum absolute atomic E-state index is 6.16. The number of nitrogens with zero attached hydrogens (tertiary/aromatic N) is 1. The summed E-state index contributed by atoms with van der Waals surface area (Å²) in [4.78, 5) is 1.79. The number of ether oxygens (including phenoxy) is 2. The average Bonchev–Trinajstić information content (AvgIpc) is 2.78. The first kappa shape index (κ1) is 23.3. The van der Waals surface area contributed by atoms with Gasteiger partial charge in [-0.05, 0) is 98.3 Å². The van der Waals surface area contributed by atoms with Gasteiger partial charge in [0.1, 0.15) is 17.1 Å². The Hall–Kier alpha value is -2.85. The van der Waals surface area contributed by atoms with Crippen molar-refractivity contribution >= 4 is 17.4 Å². The lowest BCUT2D eigenvalue weighted by Crippen LogP contribution is -2.25. The van der Waals surface area contributed by atoms with Gasteiger partial charge in [-0.15, -0.1) is 0 Å². The van der Waals surface area contributed by atoms with Gasteiger partial charge in [-0.1, -0.05) is 48.5 Å². The van der Waals surface area contributed by atoms with E-state index in [1.54, 1.807) is 4.90 Å². The summed E-state index contributed by atoms with van der Waals surface area (Å²) in [6, 6.07) is 25.9. The van der Waals surface area contributed by atoms with Gasteiger partial charge in [-0.25, -0.2) is 0 Å². The Bertz CT molecular complexity index is 1100. The van der Waals surface area contributed by atoms with Crippen molar-refractivity contribution in [1.82, 2.24) is 4.90 Å². The number of rotatable bonds is 4. The van der Waals surface area contributed by atoms with E-state index in [0.717, 1.165) is 24.3 Å². The van der Waals surface area contributed by atoms with E-state index >= 15 is 0 Å². The van der Waals surface area contributed by atoms with Gasteiger partial charge in [0.15, 0.2) is 0 Å². The second-order valence-electron chi connectivity index (χ2n) is 9.94. The van der Waals surface area contributed by atoms with Crippen LogP contribution in [0.4, 0.5) is 0 Å². The van der Waals surface area contributed by atoms with Crippen molar-refractivity contribution in [3.63, 3.8) is 0 Å². The van der Waals surface area contributed by atoms with Crippen LogP contribution in [0.2, 0.25) is 0 Å². The van der Waals surface area contributed by atoms with E-state index in [4.69, 9.17) is 21.7 Å². The van der Waals surface area contributed by atoms with Gasteiger partial charge >= 0.3 is 0 Å². The van der Waals surface area contributed by atoms with E-state index < -0.39 is 0 Å². The van der Waals surface area contributed by atoms with Gasteiger partial charge in [0.25, 0.3) is 5.17 Å². The van der Waals surface area contributed by atoms with E-state index in [-0.39, 0.29) is 11.5 Å². The molecule has 4 heteroatoms. The molecule has 3 nitrogen and oxygen atoms in total. The zero-order valence-corrected chi connectivity index (χ0v) is 21.0. The molecule has 3 aromatic carbocycles. The van der Waals surface area contributed by atoms with Crippen LogP contribution in [0, 0.1) is 0 Å². The molecular weight excluding hydrogens is 426 g/mol. The van der Waals surface area contributed by atoms with Crippen molar-refractivity contribution in [1.29, 1.82) is 0 Å². The molecule has 0 saturated heterocycles. The summed E-state index contributed by atoms with van der Waals surface area (Å²) in [6.45, 7) is 6.27. The lowest BCUT2D eigenvalue weighted by molar-refractivity contribution is 0.130. The molecule has 1 aliphatic rings. The summed E-state index contributed by atoms with van der Waals surface area (Å²) >= 11 is 5.29. The minimum absolute atomic E-state index is 0.210. The zero-order chi connectivity index (χ0) is 23.6. The molecule has 0 bridgehead atoms. The Labute approximate surface area is 203 Å². The van der Waals surface area contributed by atoms with Crippen LogP contribution in [0.5, 0.6) is 11.5 Å². The van der Waals surface area contributed by atoms with Gasteiger partial charge < -0.3 is 14.4 Å². The summed E-state index contributed by atoms with van der Waals surface area (Å²) < 4.78 is 12.0. The minimum atomic E-state index is -0.210. The average molecular weight is 460 g/mol. The molecule has 0 unspecified atom stereocenters. The highest BCUT2D eigenvalue weighted by Crippen LogP contribution is 2.47.